The molecule has 2 rings (SSSR count). The zero-order valence-corrected chi connectivity index (χ0v) is 8.07. The van der Waals surface area contributed by atoms with Crippen molar-refractivity contribution < 1.29 is 8.78 Å². The standard InChI is InChI=1S/C8H12F2N4O/c9-7(10)4-14-8(15)13(5-12-14)6-1-2-11-3-6/h5-7,11H,1-4H2/t6-/m0/s1. The van der Waals surface area contributed by atoms with Crippen LogP contribution in [-0.4, -0.2) is 33.9 Å². The van der Waals surface area contributed by atoms with Crippen LogP contribution < -0.4 is 11.0 Å². The summed E-state index contributed by atoms with van der Waals surface area (Å²) in [5.74, 6) is 0. The van der Waals surface area contributed by atoms with E-state index >= 15 is 0 Å². The molecular formula is C8H12F2N4O. The lowest BCUT2D eigenvalue weighted by atomic mass is 10.3. The third kappa shape index (κ3) is 2.06. The highest BCUT2D eigenvalue weighted by Gasteiger charge is 2.20. The summed E-state index contributed by atoms with van der Waals surface area (Å²) in [7, 11) is 0. The summed E-state index contributed by atoms with van der Waals surface area (Å²) in [6, 6.07) is 0.0453. The van der Waals surface area contributed by atoms with E-state index < -0.39 is 18.7 Å². The molecule has 0 saturated carbocycles. The second-order valence-electron chi connectivity index (χ2n) is 3.54. The maximum atomic E-state index is 12.1. The first-order valence-corrected chi connectivity index (χ1v) is 4.81. The molecule has 1 atom stereocenters. The molecule has 0 unspecified atom stereocenters. The molecule has 15 heavy (non-hydrogen) atoms. The first-order chi connectivity index (χ1) is 7.18. The number of hydrogen-bond acceptors (Lipinski definition) is 3. The summed E-state index contributed by atoms with van der Waals surface area (Å²) >= 11 is 0. The van der Waals surface area contributed by atoms with Crippen LogP contribution in [0.2, 0.25) is 0 Å². The Labute approximate surface area is 84.7 Å². The molecule has 84 valence electrons. The Morgan fingerprint density at radius 1 is 1.67 bits per heavy atom. The highest BCUT2D eigenvalue weighted by Crippen LogP contribution is 2.11. The van der Waals surface area contributed by atoms with Crippen molar-refractivity contribution in [2.75, 3.05) is 13.1 Å². The Kier molecular flexibility index (Phi) is 2.81. The van der Waals surface area contributed by atoms with E-state index in [2.05, 4.69) is 10.4 Å². The van der Waals surface area contributed by atoms with Crippen molar-refractivity contribution in [1.82, 2.24) is 19.7 Å². The van der Waals surface area contributed by atoms with Crippen LogP contribution >= 0.6 is 0 Å². The summed E-state index contributed by atoms with van der Waals surface area (Å²) in [5, 5.41) is 6.76. The van der Waals surface area contributed by atoms with Gasteiger partial charge < -0.3 is 5.32 Å². The van der Waals surface area contributed by atoms with Gasteiger partial charge in [-0.2, -0.15) is 5.10 Å². The zero-order valence-electron chi connectivity index (χ0n) is 8.07. The van der Waals surface area contributed by atoms with Crippen LogP contribution in [0, 0.1) is 0 Å². The molecular weight excluding hydrogens is 206 g/mol. The number of hydrogen-bond donors (Lipinski definition) is 1. The van der Waals surface area contributed by atoms with Crippen molar-refractivity contribution in [3.63, 3.8) is 0 Å². The third-order valence-corrected chi connectivity index (χ3v) is 2.50. The van der Waals surface area contributed by atoms with E-state index in [1.165, 1.54) is 10.9 Å². The molecule has 0 radical (unpaired) electrons. The van der Waals surface area contributed by atoms with Gasteiger partial charge in [0.25, 0.3) is 6.43 Å². The molecule has 0 spiro atoms. The van der Waals surface area contributed by atoms with Crippen molar-refractivity contribution in [2.45, 2.75) is 25.4 Å². The molecule has 0 bridgehead atoms. The number of nitrogens with zero attached hydrogens (tertiary/aromatic N) is 3. The molecule has 5 nitrogen and oxygen atoms in total. The average molecular weight is 218 g/mol. The Morgan fingerprint density at radius 2 is 2.47 bits per heavy atom. The lowest BCUT2D eigenvalue weighted by Gasteiger charge is -2.06. The molecule has 1 saturated heterocycles. The van der Waals surface area contributed by atoms with Crippen LogP contribution in [0.25, 0.3) is 0 Å². The van der Waals surface area contributed by atoms with E-state index in [9.17, 15) is 13.6 Å². The number of aromatic nitrogens is 3. The molecule has 2 heterocycles. The molecule has 0 amide bonds. The monoisotopic (exact) mass is 218 g/mol. The maximum Gasteiger partial charge on any atom is 0.346 e. The molecule has 1 aromatic heterocycles. The van der Waals surface area contributed by atoms with E-state index in [0.717, 1.165) is 17.6 Å². The highest BCUT2D eigenvalue weighted by molar-refractivity contribution is 4.82. The fourth-order valence-electron chi connectivity index (χ4n) is 1.73. The van der Waals surface area contributed by atoms with E-state index in [4.69, 9.17) is 0 Å². The van der Waals surface area contributed by atoms with Crippen molar-refractivity contribution in [3.8, 4) is 0 Å². The average Bonchev–Trinajstić information content (AvgIpc) is 2.76. The predicted octanol–water partition coefficient (Wildman–Crippen LogP) is -0.156. The fourth-order valence-corrected chi connectivity index (χ4v) is 1.73. The second-order valence-corrected chi connectivity index (χ2v) is 3.54. The minimum atomic E-state index is -2.55. The smallest absolute Gasteiger partial charge is 0.315 e. The van der Waals surface area contributed by atoms with Crippen molar-refractivity contribution in [2.24, 2.45) is 0 Å². The summed E-state index contributed by atoms with van der Waals surface area (Å²) in [4.78, 5) is 11.6. The van der Waals surface area contributed by atoms with Gasteiger partial charge in [0.05, 0.1) is 6.04 Å². The van der Waals surface area contributed by atoms with Gasteiger partial charge in [0, 0.05) is 6.54 Å². The van der Waals surface area contributed by atoms with Gasteiger partial charge in [-0.15, -0.1) is 0 Å². The SMILES string of the molecule is O=c1n([C@H]2CCNC2)cnn1CC(F)F. The van der Waals surface area contributed by atoms with Gasteiger partial charge in [0.2, 0.25) is 0 Å². The Bertz CT molecular complexity index is 380. The summed E-state index contributed by atoms with van der Waals surface area (Å²) < 4.78 is 26.4. The van der Waals surface area contributed by atoms with Crippen LogP contribution in [0.3, 0.4) is 0 Å². The van der Waals surface area contributed by atoms with E-state index in [-0.39, 0.29) is 6.04 Å². The lowest BCUT2D eigenvalue weighted by molar-refractivity contribution is 0.120. The largest absolute Gasteiger partial charge is 0.346 e. The second kappa shape index (κ2) is 4.09. The molecule has 1 aliphatic rings. The number of alkyl halides is 2. The first kappa shape index (κ1) is 10.3. The minimum Gasteiger partial charge on any atom is -0.315 e. The van der Waals surface area contributed by atoms with Gasteiger partial charge in [-0.25, -0.2) is 18.3 Å². The number of halogens is 2. The van der Waals surface area contributed by atoms with Gasteiger partial charge in [0.1, 0.15) is 12.9 Å². The van der Waals surface area contributed by atoms with Crippen LogP contribution in [0.5, 0.6) is 0 Å². The van der Waals surface area contributed by atoms with Gasteiger partial charge in [0.15, 0.2) is 0 Å². The normalized spacial score (nSPS) is 21.4. The Balaban J connectivity index is 2.19. The van der Waals surface area contributed by atoms with E-state index in [1.54, 1.807) is 0 Å². The van der Waals surface area contributed by atoms with Gasteiger partial charge in [-0.3, -0.25) is 4.57 Å². The minimum absolute atomic E-state index is 0.0453. The van der Waals surface area contributed by atoms with Gasteiger partial charge >= 0.3 is 5.69 Å². The van der Waals surface area contributed by atoms with Crippen LogP contribution in [0.1, 0.15) is 12.5 Å². The number of nitrogens with one attached hydrogen (secondary N) is 1. The quantitative estimate of drug-likeness (QED) is 0.767. The van der Waals surface area contributed by atoms with Crippen LogP contribution in [-0.2, 0) is 6.54 Å². The fraction of sp³-hybridized carbons (Fsp3) is 0.750. The zero-order chi connectivity index (χ0) is 10.8. The highest BCUT2D eigenvalue weighted by atomic mass is 19.3. The molecule has 1 aromatic rings. The predicted molar refractivity (Wildman–Crippen MR) is 49.0 cm³/mol. The number of rotatable bonds is 3. The molecule has 1 aliphatic heterocycles. The van der Waals surface area contributed by atoms with Crippen molar-refractivity contribution in [1.29, 1.82) is 0 Å². The molecule has 1 fully saturated rings. The third-order valence-electron chi connectivity index (χ3n) is 2.50. The maximum absolute atomic E-state index is 12.1. The van der Waals surface area contributed by atoms with Crippen molar-refractivity contribution >= 4 is 0 Å². The van der Waals surface area contributed by atoms with Crippen LogP contribution in [0.4, 0.5) is 8.78 Å². The van der Waals surface area contributed by atoms with Gasteiger partial charge in [-0.05, 0) is 13.0 Å². The van der Waals surface area contributed by atoms with E-state index in [0.29, 0.717) is 6.54 Å². The molecule has 0 aliphatic carbocycles. The molecule has 1 N–H and O–H groups in total. The molecule has 7 heteroatoms. The Morgan fingerprint density at radius 3 is 3.07 bits per heavy atom. The molecule has 0 aromatic carbocycles. The van der Waals surface area contributed by atoms with E-state index in [1.807, 2.05) is 0 Å². The van der Waals surface area contributed by atoms with Crippen molar-refractivity contribution in [3.05, 3.63) is 16.8 Å². The van der Waals surface area contributed by atoms with Gasteiger partial charge in [-0.1, -0.05) is 0 Å². The van der Waals surface area contributed by atoms with Crippen LogP contribution in [0.15, 0.2) is 11.1 Å². The Hall–Kier alpha value is -1.24. The lowest BCUT2D eigenvalue weighted by Crippen LogP contribution is -2.30. The first-order valence-electron chi connectivity index (χ1n) is 4.81. The topological polar surface area (TPSA) is 51.9 Å². The summed E-state index contributed by atoms with van der Waals surface area (Å²) in [6.07, 6.45) is -0.379. The summed E-state index contributed by atoms with van der Waals surface area (Å²) in [5.41, 5.74) is -0.455. The summed E-state index contributed by atoms with van der Waals surface area (Å²) in [6.45, 7) is 0.906.